The first-order chi connectivity index (χ1) is 7.70. The Morgan fingerprint density at radius 3 is 2.82 bits per heavy atom. The summed E-state index contributed by atoms with van der Waals surface area (Å²) in [7, 11) is 1.50. The van der Waals surface area contributed by atoms with Gasteiger partial charge in [-0.3, -0.25) is 0 Å². The van der Waals surface area contributed by atoms with Crippen molar-refractivity contribution in [1.82, 2.24) is 0 Å². The van der Waals surface area contributed by atoms with Crippen molar-refractivity contribution in [3.8, 4) is 11.5 Å². The number of methoxy groups -OCH3 is 1. The van der Waals surface area contributed by atoms with Crippen molar-refractivity contribution in [2.24, 2.45) is 0 Å². The topological polar surface area (TPSA) is 71.7 Å². The fourth-order valence-corrected chi connectivity index (χ4v) is 1.33. The summed E-state index contributed by atoms with van der Waals surface area (Å²) in [6.45, 7) is 0.0901. The van der Waals surface area contributed by atoms with Crippen LogP contribution in [-0.4, -0.2) is 13.9 Å². The van der Waals surface area contributed by atoms with E-state index >= 15 is 0 Å². The predicted octanol–water partition coefficient (Wildman–Crippen LogP) is -2.15. The van der Waals surface area contributed by atoms with Crippen LogP contribution in [0.15, 0.2) is 33.5 Å². The number of hydrogen-bond donors (Lipinski definition) is 0. The first kappa shape index (κ1) is 14.1. The maximum atomic E-state index is 11.4. The normalized spacial score (nSPS) is 9.94. The Balaban J connectivity index is 0.00000144. The van der Waals surface area contributed by atoms with Crippen LogP contribution in [0.1, 0.15) is 0 Å². The molecule has 0 saturated carbocycles. The van der Waals surface area contributed by atoms with Gasteiger partial charge in [0.1, 0.15) is 11.3 Å². The van der Waals surface area contributed by atoms with Gasteiger partial charge in [0.15, 0.2) is 6.79 Å². The smallest absolute Gasteiger partial charge is 0.872 e. The van der Waals surface area contributed by atoms with Crippen molar-refractivity contribution < 1.29 is 48.6 Å². The molecule has 0 bridgehead atoms. The number of rotatable bonds is 3. The van der Waals surface area contributed by atoms with Crippen molar-refractivity contribution in [2.45, 2.75) is 0 Å². The molecule has 0 radical (unpaired) electrons. The third kappa shape index (κ3) is 3.23. The van der Waals surface area contributed by atoms with Crippen molar-refractivity contribution in [3.63, 3.8) is 0 Å². The molecule has 0 aliphatic heterocycles. The first-order valence-corrected chi connectivity index (χ1v) is 4.57. The van der Waals surface area contributed by atoms with Gasteiger partial charge in [0.05, 0.1) is 0 Å². The zero-order valence-electron chi connectivity index (χ0n) is 9.56. The minimum absolute atomic E-state index is 0. The maximum Gasteiger partial charge on any atom is 1.00 e. The summed E-state index contributed by atoms with van der Waals surface area (Å²) in [5.74, 6) is 0.118. The Hall–Kier alpha value is -1.01. The van der Waals surface area contributed by atoms with E-state index < -0.39 is 5.63 Å². The van der Waals surface area contributed by atoms with Gasteiger partial charge in [-0.25, -0.2) is 4.79 Å². The van der Waals surface area contributed by atoms with Crippen LogP contribution >= 0.6 is 0 Å². The molecule has 1 aromatic heterocycles. The first-order valence-electron chi connectivity index (χ1n) is 4.57. The number of ether oxygens (including phenoxy) is 2. The molecule has 1 aromatic carbocycles. The average molecular weight is 244 g/mol. The van der Waals surface area contributed by atoms with E-state index in [9.17, 15) is 9.90 Å². The van der Waals surface area contributed by atoms with Gasteiger partial charge < -0.3 is 19.0 Å². The zero-order valence-corrected chi connectivity index (χ0v) is 11.6. The summed E-state index contributed by atoms with van der Waals surface area (Å²) in [5.41, 5.74) is -0.451. The van der Waals surface area contributed by atoms with Crippen molar-refractivity contribution >= 4 is 11.0 Å². The Morgan fingerprint density at radius 1 is 1.35 bits per heavy atom. The van der Waals surface area contributed by atoms with Gasteiger partial charge in [0, 0.05) is 24.6 Å². The average Bonchev–Trinajstić information content (AvgIpc) is 2.25. The van der Waals surface area contributed by atoms with Crippen LogP contribution in [0.4, 0.5) is 0 Å². The molecule has 2 aromatic rings. The third-order valence-corrected chi connectivity index (χ3v) is 2.02. The second-order valence-corrected chi connectivity index (χ2v) is 3.14. The summed E-state index contributed by atoms with van der Waals surface area (Å²) in [5, 5.41) is 11.8. The van der Waals surface area contributed by atoms with Gasteiger partial charge in [0.2, 0.25) is 0 Å². The van der Waals surface area contributed by atoms with Gasteiger partial charge >= 0.3 is 35.2 Å². The van der Waals surface area contributed by atoms with E-state index in [2.05, 4.69) is 0 Å². The van der Waals surface area contributed by atoms with Crippen LogP contribution in [0, 0.1) is 0 Å². The largest absolute Gasteiger partial charge is 1.00 e. The Morgan fingerprint density at radius 2 is 2.12 bits per heavy atom. The molecule has 0 aliphatic carbocycles. The van der Waals surface area contributed by atoms with Crippen LogP contribution < -0.4 is 45.0 Å². The summed E-state index contributed by atoms with van der Waals surface area (Å²) in [6, 6.07) is 5.56. The van der Waals surface area contributed by atoms with Gasteiger partial charge in [-0.15, -0.1) is 0 Å². The molecule has 0 saturated heterocycles. The molecule has 0 N–H and O–H groups in total. The maximum absolute atomic E-state index is 11.4. The van der Waals surface area contributed by atoms with Gasteiger partial charge in [-0.2, -0.15) is 0 Å². The summed E-state index contributed by atoms with van der Waals surface area (Å²) >= 11 is 0. The Bertz CT molecular complexity index is 563. The van der Waals surface area contributed by atoms with Crippen molar-refractivity contribution in [3.05, 3.63) is 34.7 Å². The van der Waals surface area contributed by atoms with E-state index in [1.807, 2.05) is 0 Å². The minimum Gasteiger partial charge on any atom is -0.872 e. The van der Waals surface area contributed by atoms with E-state index in [4.69, 9.17) is 13.9 Å². The molecule has 84 valence electrons. The monoisotopic (exact) mass is 244 g/mol. The van der Waals surface area contributed by atoms with Crippen LogP contribution in [-0.2, 0) is 4.74 Å². The van der Waals surface area contributed by atoms with E-state index in [1.54, 1.807) is 12.1 Å². The SMILES string of the molecule is COCOc1ccc2c([O-])cc(=O)oc2c1.[Na+]. The molecule has 1 heterocycles. The van der Waals surface area contributed by atoms with Crippen LogP contribution in [0.25, 0.3) is 11.0 Å². The number of fused-ring (bicyclic) bond motifs is 1. The van der Waals surface area contributed by atoms with Crippen molar-refractivity contribution in [2.75, 3.05) is 13.9 Å². The molecule has 0 aliphatic rings. The van der Waals surface area contributed by atoms with E-state index in [1.165, 1.54) is 13.2 Å². The second kappa shape index (κ2) is 6.07. The fraction of sp³-hybridized carbons (Fsp3) is 0.182. The molecule has 6 heteroatoms. The predicted molar refractivity (Wildman–Crippen MR) is 54.4 cm³/mol. The Kier molecular flexibility index (Phi) is 5.02. The summed E-state index contributed by atoms with van der Waals surface area (Å²) in [4.78, 5) is 11.0. The fourth-order valence-electron chi connectivity index (χ4n) is 1.33. The van der Waals surface area contributed by atoms with Crippen molar-refractivity contribution in [1.29, 1.82) is 0 Å². The molecule has 2 rings (SSSR count). The summed E-state index contributed by atoms with van der Waals surface area (Å²) in [6.07, 6.45) is 0. The molecule has 0 unspecified atom stereocenters. The molecule has 0 atom stereocenters. The Labute approximate surface area is 119 Å². The summed E-state index contributed by atoms with van der Waals surface area (Å²) < 4.78 is 14.8. The van der Waals surface area contributed by atoms with Crippen LogP contribution in [0.2, 0.25) is 0 Å². The molecule has 0 spiro atoms. The van der Waals surface area contributed by atoms with E-state index in [0.29, 0.717) is 11.1 Å². The van der Waals surface area contributed by atoms with Crippen LogP contribution in [0.5, 0.6) is 11.5 Å². The quantitative estimate of drug-likeness (QED) is 0.350. The van der Waals surface area contributed by atoms with Gasteiger partial charge in [-0.05, 0) is 12.1 Å². The second-order valence-electron chi connectivity index (χ2n) is 3.14. The molecular formula is C11H9NaO5. The van der Waals surface area contributed by atoms with E-state index in [-0.39, 0.29) is 47.7 Å². The molecule has 0 fully saturated rings. The molecule has 0 amide bonds. The standard InChI is InChI=1S/C11H10O5.Na/c1-14-6-15-7-2-3-8-9(12)5-11(13)16-10(8)4-7;/h2-5,12H,6H2,1H3;/q;+1/p-1. The number of benzene rings is 1. The van der Waals surface area contributed by atoms with Gasteiger partial charge in [0.25, 0.3) is 0 Å². The van der Waals surface area contributed by atoms with Gasteiger partial charge in [-0.1, -0.05) is 5.75 Å². The zero-order chi connectivity index (χ0) is 11.5. The molecular weight excluding hydrogens is 235 g/mol. The van der Waals surface area contributed by atoms with Crippen LogP contribution in [0.3, 0.4) is 0 Å². The third-order valence-electron chi connectivity index (χ3n) is 2.02. The molecule has 5 nitrogen and oxygen atoms in total. The minimum atomic E-state index is -0.665. The number of hydrogen-bond acceptors (Lipinski definition) is 5. The molecule has 17 heavy (non-hydrogen) atoms. The van der Waals surface area contributed by atoms with E-state index in [0.717, 1.165) is 6.07 Å².